The number of hydrogen-bond acceptors (Lipinski definition) is 4. The second kappa shape index (κ2) is 19.6. The lowest BCUT2D eigenvalue weighted by atomic mass is 9.90. The minimum atomic E-state index is 0.883. The molecule has 8 aromatic carbocycles. The van der Waals surface area contributed by atoms with E-state index in [1.165, 1.54) is 50.1 Å². The van der Waals surface area contributed by atoms with Gasteiger partial charge in [0.1, 0.15) is 11.2 Å². The van der Waals surface area contributed by atoms with Crippen molar-refractivity contribution < 1.29 is 4.42 Å². The van der Waals surface area contributed by atoms with Crippen molar-refractivity contribution >= 4 is 21.9 Å². The monoisotopic (exact) mass is 911 g/mol. The van der Waals surface area contributed by atoms with Gasteiger partial charge in [-0.05, 0) is 153 Å². The van der Waals surface area contributed by atoms with Crippen molar-refractivity contribution in [2.24, 2.45) is 0 Å². The molecule has 0 spiro atoms. The largest absolute Gasteiger partial charge is 0.456 e. The van der Waals surface area contributed by atoms with Crippen LogP contribution in [0.15, 0.2) is 254 Å². The van der Waals surface area contributed by atoms with Crippen LogP contribution in [0.4, 0.5) is 0 Å². The molecule has 0 unspecified atom stereocenters. The zero-order valence-corrected chi connectivity index (χ0v) is 39.2. The Balaban J connectivity index is 0.813. The van der Waals surface area contributed by atoms with Gasteiger partial charge < -0.3 is 4.42 Å². The first-order valence-electron chi connectivity index (χ1n) is 24.5. The van der Waals surface area contributed by atoms with Gasteiger partial charge in [0.2, 0.25) is 0 Å². The van der Waals surface area contributed by atoms with Crippen LogP contribution < -0.4 is 0 Å². The van der Waals surface area contributed by atoms with E-state index >= 15 is 0 Å². The molecule has 0 aliphatic rings. The molecule has 0 bridgehead atoms. The van der Waals surface area contributed by atoms with Gasteiger partial charge in [0.05, 0.1) is 17.1 Å². The lowest BCUT2D eigenvalue weighted by Crippen LogP contribution is -1.98. The molecule has 12 rings (SSSR count). The molecule has 0 aliphatic carbocycles. The van der Waals surface area contributed by atoms with Crippen molar-refractivity contribution in [1.29, 1.82) is 0 Å². The number of pyridine rings is 3. The highest BCUT2D eigenvalue weighted by atomic mass is 16.3. The molecule has 0 atom stereocenters. The molecule has 0 saturated heterocycles. The summed E-state index contributed by atoms with van der Waals surface area (Å²) in [4.78, 5) is 14.0. The Kier molecular flexibility index (Phi) is 11.9. The van der Waals surface area contributed by atoms with Gasteiger partial charge in [-0.15, -0.1) is 0 Å². The SMILES string of the molecule is c1ccc(-c2ccc3c(c2)oc2ccc(-c4ccnc(-c5ccc(-c6ccccc6-c6cc(CCc7ccc(-c8ccccn8)cc7)cc(CCc7ccc(-c8ccccn8)cc7)c6)cc5)c4)cc23)cc1. The number of aromatic nitrogens is 3. The van der Waals surface area contributed by atoms with Crippen LogP contribution in [0.1, 0.15) is 22.3 Å². The van der Waals surface area contributed by atoms with E-state index in [1.807, 2.05) is 48.9 Å². The number of rotatable bonds is 13. The molecule has 4 aromatic heterocycles. The number of hydrogen-bond donors (Lipinski definition) is 0. The molecule has 0 aliphatic heterocycles. The highest BCUT2D eigenvalue weighted by molar-refractivity contribution is 6.07. The second-order valence-corrected chi connectivity index (χ2v) is 18.3. The molecular formula is C67H49N3O. The predicted octanol–water partition coefficient (Wildman–Crippen LogP) is 17.0. The maximum absolute atomic E-state index is 6.36. The predicted molar refractivity (Wildman–Crippen MR) is 293 cm³/mol. The Bertz CT molecular complexity index is 3670. The number of fused-ring (bicyclic) bond motifs is 3. The van der Waals surface area contributed by atoms with Crippen molar-refractivity contribution in [2.45, 2.75) is 25.7 Å². The highest BCUT2D eigenvalue weighted by Gasteiger charge is 2.14. The third-order valence-corrected chi connectivity index (χ3v) is 13.7. The van der Waals surface area contributed by atoms with Crippen LogP contribution in [-0.4, -0.2) is 15.0 Å². The zero-order valence-electron chi connectivity index (χ0n) is 39.2. The summed E-state index contributed by atoms with van der Waals surface area (Å²) in [5, 5.41) is 2.22. The molecule has 0 amide bonds. The fourth-order valence-corrected chi connectivity index (χ4v) is 9.88. The van der Waals surface area contributed by atoms with Gasteiger partial charge in [0.25, 0.3) is 0 Å². The minimum Gasteiger partial charge on any atom is -0.456 e. The standard InChI is InChI=1S/C67H49N3O/c1-2-10-50(11-3-1)56-32-34-61-62-43-55(33-35-66(62)71-67(61)45-56)57-36-39-70-65(44-57)54-30-28-51(29-31-54)59-12-4-5-13-60(59)58-41-48(18-16-46-20-24-52(25-21-46)63-14-6-8-37-68-63)40-49(42-58)19-17-47-22-26-53(27-23-47)64-15-7-9-38-69-64/h1-15,20-45H,16-19H2. The first kappa shape index (κ1) is 43.3. The summed E-state index contributed by atoms with van der Waals surface area (Å²) in [5.74, 6) is 0. The van der Waals surface area contributed by atoms with Gasteiger partial charge in [-0.2, -0.15) is 0 Å². The van der Waals surface area contributed by atoms with E-state index in [1.54, 1.807) is 0 Å². The molecule has 12 aromatic rings. The van der Waals surface area contributed by atoms with Gasteiger partial charge in [-0.25, -0.2) is 0 Å². The summed E-state index contributed by atoms with van der Waals surface area (Å²) in [7, 11) is 0. The van der Waals surface area contributed by atoms with Crippen LogP contribution >= 0.6 is 0 Å². The van der Waals surface area contributed by atoms with Gasteiger partial charge in [-0.3, -0.25) is 15.0 Å². The van der Waals surface area contributed by atoms with E-state index in [4.69, 9.17) is 9.40 Å². The van der Waals surface area contributed by atoms with Crippen molar-refractivity contribution in [2.75, 3.05) is 0 Å². The average molecular weight is 912 g/mol. The molecule has 338 valence electrons. The quantitative estimate of drug-likeness (QED) is 0.116. The summed E-state index contributed by atoms with van der Waals surface area (Å²) in [6.07, 6.45) is 9.39. The smallest absolute Gasteiger partial charge is 0.136 e. The van der Waals surface area contributed by atoms with Gasteiger partial charge in [0.15, 0.2) is 0 Å². The summed E-state index contributed by atoms with van der Waals surface area (Å²) in [5.41, 5.74) is 22.7. The topological polar surface area (TPSA) is 51.8 Å². The van der Waals surface area contributed by atoms with Crippen LogP contribution in [0.5, 0.6) is 0 Å². The average Bonchev–Trinajstić information content (AvgIpc) is 3.82. The highest BCUT2D eigenvalue weighted by Crippen LogP contribution is 2.38. The normalized spacial score (nSPS) is 11.3. The van der Waals surface area contributed by atoms with E-state index in [0.717, 1.165) is 98.1 Å². The number of benzene rings is 8. The molecule has 0 saturated carbocycles. The molecular weight excluding hydrogens is 863 g/mol. The van der Waals surface area contributed by atoms with Crippen LogP contribution in [0, 0.1) is 0 Å². The molecule has 71 heavy (non-hydrogen) atoms. The molecule has 4 heteroatoms. The fourth-order valence-electron chi connectivity index (χ4n) is 9.88. The first-order valence-corrected chi connectivity index (χ1v) is 24.5. The fraction of sp³-hybridized carbons (Fsp3) is 0.0597. The van der Waals surface area contributed by atoms with Crippen LogP contribution in [-0.2, 0) is 25.7 Å². The van der Waals surface area contributed by atoms with Gasteiger partial charge in [-0.1, -0.05) is 170 Å². The summed E-state index contributed by atoms with van der Waals surface area (Å²) >= 11 is 0. The molecule has 0 radical (unpaired) electrons. The first-order chi connectivity index (χ1) is 35.1. The maximum atomic E-state index is 6.36. The van der Waals surface area contributed by atoms with E-state index in [9.17, 15) is 0 Å². The van der Waals surface area contributed by atoms with Crippen molar-refractivity contribution in [3.05, 3.63) is 271 Å². The Labute approximate surface area is 414 Å². The van der Waals surface area contributed by atoms with Gasteiger partial charge >= 0.3 is 0 Å². The Morgan fingerprint density at radius 2 is 0.746 bits per heavy atom. The Hall–Kier alpha value is -8.99. The van der Waals surface area contributed by atoms with Crippen LogP contribution in [0.3, 0.4) is 0 Å². The minimum absolute atomic E-state index is 0.883. The maximum Gasteiger partial charge on any atom is 0.136 e. The van der Waals surface area contributed by atoms with E-state index < -0.39 is 0 Å². The van der Waals surface area contributed by atoms with Gasteiger partial charge in [0, 0.05) is 46.1 Å². The Morgan fingerprint density at radius 3 is 1.38 bits per heavy atom. The molecule has 0 fully saturated rings. The molecule has 0 N–H and O–H groups in total. The summed E-state index contributed by atoms with van der Waals surface area (Å²) in [6, 6.07) is 82.5. The number of nitrogens with zero attached hydrogens (tertiary/aromatic N) is 3. The summed E-state index contributed by atoms with van der Waals surface area (Å²) < 4.78 is 6.36. The van der Waals surface area contributed by atoms with Crippen molar-refractivity contribution in [3.63, 3.8) is 0 Å². The number of aryl methyl sites for hydroxylation is 4. The van der Waals surface area contributed by atoms with E-state index in [-0.39, 0.29) is 0 Å². The second-order valence-electron chi connectivity index (χ2n) is 18.3. The number of furan rings is 1. The van der Waals surface area contributed by atoms with Crippen LogP contribution in [0.2, 0.25) is 0 Å². The third kappa shape index (κ3) is 9.44. The van der Waals surface area contributed by atoms with Crippen molar-refractivity contribution in [1.82, 2.24) is 15.0 Å². The van der Waals surface area contributed by atoms with E-state index in [2.05, 4.69) is 210 Å². The van der Waals surface area contributed by atoms with Crippen molar-refractivity contribution in [3.8, 4) is 78.3 Å². The Morgan fingerprint density at radius 1 is 0.254 bits per heavy atom. The lowest BCUT2D eigenvalue weighted by molar-refractivity contribution is 0.669. The van der Waals surface area contributed by atoms with E-state index in [0.29, 0.717) is 0 Å². The van der Waals surface area contributed by atoms with Crippen LogP contribution in [0.25, 0.3) is 100 Å². The third-order valence-electron chi connectivity index (χ3n) is 13.7. The molecule has 4 heterocycles. The lowest BCUT2D eigenvalue weighted by Gasteiger charge is -2.15. The zero-order chi connectivity index (χ0) is 47.3. The summed E-state index contributed by atoms with van der Waals surface area (Å²) in [6.45, 7) is 0. The molecule has 4 nitrogen and oxygen atoms in total.